The van der Waals surface area contributed by atoms with Crippen LogP contribution in [0.4, 0.5) is 24.5 Å². The Morgan fingerprint density at radius 1 is 1.26 bits per heavy atom. The summed E-state index contributed by atoms with van der Waals surface area (Å²) in [6, 6.07) is 4.12. The number of nitrogens with one attached hydrogen (secondary N) is 2. The summed E-state index contributed by atoms with van der Waals surface area (Å²) in [5.41, 5.74) is -3.55. The van der Waals surface area contributed by atoms with Gasteiger partial charge < -0.3 is 25.6 Å². The number of benzene rings is 1. The van der Waals surface area contributed by atoms with Crippen molar-refractivity contribution >= 4 is 28.9 Å². The molecule has 0 saturated heterocycles. The SMILES string of the molecule is CC(C)(C)OCC(O)CNc1ccc(NC(=O)[C@@](C)(O)C(F)(F)F)c(Cl)c1. The van der Waals surface area contributed by atoms with Crippen LogP contribution in [-0.4, -0.2) is 52.8 Å². The second-order valence-corrected chi connectivity index (χ2v) is 7.58. The molecule has 0 aliphatic rings. The summed E-state index contributed by atoms with van der Waals surface area (Å²) in [6.45, 7) is 6.20. The summed E-state index contributed by atoms with van der Waals surface area (Å²) >= 11 is 5.97. The average Bonchev–Trinajstić information content (AvgIpc) is 2.51. The molecule has 1 unspecified atom stereocenters. The standard InChI is InChI=1S/C17H24ClF3N2O4/c1-15(2,3)27-9-11(24)8-22-10-5-6-13(12(18)7-10)23-14(25)16(4,26)17(19,20)21/h5-7,11,22,24,26H,8-9H2,1-4H3,(H,23,25)/t11?,16-/m1/s1. The van der Waals surface area contributed by atoms with Crippen molar-refractivity contribution < 1.29 is 32.9 Å². The Labute approximate surface area is 160 Å². The Bertz CT molecular complexity index is 661. The predicted octanol–water partition coefficient (Wildman–Crippen LogP) is 3.18. The van der Waals surface area contributed by atoms with E-state index < -0.39 is 23.8 Å². The Hall–Kier alpha value is -1.55. The smallest absolute Gasteiger partial charge is 0.389 e. The fourth-order valence-electron chi connectivity index (χ4n) is 1.74. The molecule has 6 nitrogen and oxygen atoms in total. The van der Waals surface area contributed by atoms with Crippen molar-refractivity contribution in [2.24, 2.45) is 0 Å². The van der Waals surface area contributed by atoms with Crippen LogP contribution < -0.4 is 10.6 Å². The van der Waals surface area contributed by atoms with Crippen LogP contribution in [0.25, 0.3) is 0 Å². The maximum Gasteiger partial charge on any atom is 0.426 e. The number of aliphatic hydroxyl groups excluding tert-OH is 1. The summed E-state index contributed by atoms with van der Waals surface area (Å²) in [6.07, 6.45) is -5.92. The van der Waals surface area contributed by atoms with E-state index in [2.05, 4.69) is 5.32 Å². The van der Waals surface area contributed by atoms with Crippen LogP contribution >= 0.6 is 11.6 Å². The minimum atomic E-state index is -5.13. The van der Waals surface area contributed by atoms with E-state index in [0.29, 0.717) is 12.6 Å². The summed E-state index contributed by atoms with van der Waals surface area (Å²) in [7, 11) is 0. The number of ether oxygens (including phenoxy) is 1. The summed E-state index contributed by atoms with van der Waals surface area (Å²) in [5.74, 6) is -1.65. The lowest BCUT2D eigenvalue weighted by molar-refractivity contribution is -0.242. The van der Waals surface area contributed by atoms with E-state index in [1.165, 1.54) is 18.2 Å². The molecule has 1 aromatic rings. The van der Waals surface area contributed by atoms with E-state index in [4.69, 9.17) is 16.3 Å². The first kappa shape index (κ1) is 23.5. The van der Waals surface area contributed by atoms with Crippen molar-refractivity contribution in [1.82, 2.24) is 0 Å². The highest BCUT2D eigenvalue weighted by Gasteiger charge is 2.55. The number of halogens is 4. The molecule has 0 fully saturated rings. The molecule has 0 aliphatic carbocycles. The van der Waals surface area contributed by atoms with Crippen LogP contribution in [0.2, 0.25) is 5.02 Å². The largest absolute Gasteiger partial charge is 0.426 e. The molecule has 0 radical (unpaired) electrons. The average molecular weight is 413 g/mol. The lowest BCUT2D eigenvalue weighted by atomic mass is 10.1. The quantitative estimate of drug-likeness (QED) is 0.552. The van der Waals surface area contributed by atoms with Crippen LogP contribution in [0.15, 0.2) is 18.2 Å². The minimum Gasteiger partial charge on any atom is -0.389 e. The van der Waals surface area contributed by atoms with Crippen molar-refractivity contribution in [2.75, 3.05) is 23.8 Å². The second kappa shape index (κ2) is 8.64. The molecule has 0 heterocycles. The summed E-state index contributed by atoms with van der Waals surface area (Å²) < 4.78 is 43.5. The third kappa shape index (κ3) is 7.17. The van der Waals surface area contributed by atoms with Gasteiger partial charge in [-0.3, -0.25) is 4.79 Å². The van der Waals surface area contributed by atoms with Crippen molar-refractivity contribution in [2.45, 2.75) is 51.2 Å². The molecule has 0 aliphatic heterocycles. The topological polar surface area (TPSA) is 90.8 Å². The van der Waals surface area contributed by atoms with Gasteiger partial charge in [0, 0.05) is 12.2 Å². The van der Waals surface area contributed by atoms with Crippen LogP contribution in [0, 0.1) is 0 Å². The lowest BCUT2D eigenvalue weighted by Gasteiger charge is -2.25. The van der Waals surface area contributed by atoms with Gasteiger partial charge in [-0.15, -0.1) is 0 Å². The fraction of sp³-hybridized carbons (Fsp3) is 0.588. The van der Waals surface area contributed by atoms with Gasteiger partial charge in [-0.25, -0.2) is 0 Å². The van der Waals surface area contributed by atoms with Crippen molar-refractivity contribution in [3.8, 4) is 0 Å². The predicted molar refractivity (Wildman–Crippen MR) is 97.0 cm³/mol. The van der Waals surface area contributed by atoms with Gasteiger partial charge in [0.1, 0.15) is 0 Å². The van der Waals surface area contributed by atoms with Gasteiger partial charge in [0.15, 0.2) is 0 Å². The maximum atomic E-state index is 12.7. The van der Waals surface area contributed by atoms with Crippen molar-refractivity contribution in [3.63, 3.8) is 0 Å². The number of rotatable bonds is 7. The zero-order valence-electron chi connectivity index (χ0n) is 15.4. The number of anilines is 2. The first-order valence-corrected chi connectivity index (χ1v) is 8.47. The zero-order valence-corrected chi connectivity index (χ0v) is 16.2. The molecular weight excluding hydrogens is 389 g/mol. The number of hydrogen-bond acceptors (Lipinski definition) is 5. The molecule has 1 aromatic carbocycles. The van der Waals surface area contributed by atoms with Gasteiger partial charge in [-0.05, 0) is 45.9 Å². The number of carbonyl (C=O) groups is 1. The van der Waals surface area contributed by atoms with Crippen LogP contribution in [0.1, 0.15) is 27.7 Å². The third-order valence-electron chi connectivity index (χ3n) is 3.46. The highest BCUT2D eigenvalue weighted by molar-refractivity contribution is 6.34. The first-order chi connectivity index (χ1) is 12.1. The maximum absolute atomic E-state index is 12.7. The molecule has 0 aromatic heterocycles. The number of hydrogen-bond donors (Lipinski definition) is 4. The molecule has 0 bridgehead atoms. The number of alkyl halides is 3. The van der Waals surface area contributed by atoms with Crippen LogP contribution in [0.3, 0.4) is 0 Å². The van der Waals surface area contributed by atoms with E-state index in [1.807, 2.05) is 26.1 Å². The molecule has 0 spiro atoms. The van der Waals surface area contributed by atoms with Gasteiger partial charge in [-0.2, -0.15) is 13.2 Å². The van der Waals surface area contributed by atoms with E-state index in [0.717, 1.165) is 0 Å². The van der Waals surface area contributed by atoms with Crippen molar-refractivity contribution in [3.05, 3.63) is 23.2 Å². The Balaban J connectivity index is 2.68. The van der Waals surface area contributed by atoms with Crippen LogP contribution in [0.5, 0.6) is 0 Å². The lowest BCUT2D eigenvalue weighted by Crippen LogP contribution is -2.52. The van der Waals surface area contributed by atoms with Gasteiger partial charge in [0.25, 0.3) is 5.91 Å². The third-order valence-corrected chi connectivity index (χ3v) is 3.77. The van der Waals surface area contributed by atoms with Gasteiger partial charge in [0.2, 0.25) is 5.60 Å². The van der Waals surface area contributed by atoms with E-state index in [1.54, 1.807) is 0 Å². The Morgan fingerprint density at radius 3 is 2.33 bits per heavy atom. The summed E-state index contributed by atoms with van der Waals surface area (Å²) in [5, 5.41) is 24.0. The number of amides is 1. The van der Waals surface area contributed by atoms with Gasteiger partial charge >= 0.3 is 6.18 Å². The highest BCUT2D eigenvalue weighted by Crippen LogP contribution is 2.32. The molecule has 0 saturated carbocycles. The van der Waals surface area contributed by atoms with Crippen molar-refractivity contribution in [1.29, 1.82) is 0 Å². The Kier molecular flexibility index (Phi) is 7.52. The highest BCUT2D eigenvalue weighted by atomic mass is 35.5. The molecule has 154 valence electrons. The summed E-state index contributed by atoms with van der Waals surface area (Å²) in [4.78, 5) is 11.7. The monoisotopic (exact) mass is 412 g/mol. The first-order valence-electron chi connectivity index (χ1n) is 8.09. The molecule has 10 heteroatoms. The minimum absolute atomic E-state index is 0.0354. The second-order valence-electron chi connectivity index (χ2n) is 7.18. The fourth-order valence-corrected chi connectivity index (χ4v) is 1.97. The normalized spacial score (nSPS) is 15.8. The van der Waals surface area contributed by atoms with E-state index in [9.17, 15) is 28.2 Å². The Morgan fingerprint density at radius 2 is 1.85 bits per heavy atom. The molecule has 4 N–H and O–H groups in total. The molecule has 1 rings (SSSR count). The molecule has 27 heavy (non-hydrogen) atoms. The van der Waals surface area contributed by atoms with E-state index >= 15 is 0 Å². The molecule has 1 amide bonds. The van der Waals surface area contributed by atoms with E-state index in [-0.39, 0.29) is 29.5 Å². The number of aliphatic hydroxyl groups is 2. The van der Waals surface area contributed by atoms with Gasteiger partial charge in [-0.1, -0.05) is 11.6 Å². The van der Waals surface area contributed by atoms with Gasteiger partial charge in [0.05, 0.1) is 29.0 Å². The van der Waals surface area contributed by atoms with Crippen LogP contribution in [-0.2, 0) is 9.53 Å². The number of carbonyl (C=O) groups excluding carboxylic acids is 1. The zero-order chi connectivity index (χ0) is 21.0. The molecular formula is C17H24ClF3N2O4. The molecule has 2 atom stereocenters.